The van der Waals surface area contributed by atoms with E-state index in [-0.39, 0.29) is 17.4 Å². The molecule has 1 aromatic rings. The second-order valence-corrected chi connectivity index (χ2v) is 8.48. The number of hydrogen-bond acceptors (Lipinski definition) is 5. The number of hydrogen-bond donors (Lipinski definition) is 0. The van der Waals surface area contributed by atoms with E-state index in [9.17, 15) is 9.59 Å². The highest BCUT2D eigenvalue weighted by Gasteiger charge is 2.43. The van der Waals surface area contributed by atoms with E-state index in [1.54, 1.807) is 11.3 Å². The van der Waals surface area contributed by atoms with Gasteiger partial charge in [-0.25, -0.2) is 4.98 Å². The maximum atomic E-state index is 12.8. The molecule has 3 heterocycles. The van der Waals surface area contributed by atoms with Gasteiger partial charge >= 0.3 is 0 Å². The van der Waals surface area contributed by atoms with Crippen LogP contribution in [0.15, 0.2) is 5.51 Å². The number of nitrogens with zero attached hydrogens (tertiary/aromatic N) is 4. The zero-order valence-electron chi connectivity index (χ0n) is 16.2. The first-order chi connectivity index (χ1) is 12.4. The molecule has 1 spiro atoms. The molecule has 6 nitrogen and oxygen atoms in total. The average molecular weight is 379 g/mol. The number of aryl methyl sites for hydroxylation is 2. The molecule has 2 fully saturated rings. The summed E-state index contributed by atoms with van der Waals surface area (Å²) >= 11 is 1.63. The Morgan fingerprint density at radius 1 is 1.31 bits per heavy atom. The second kappa shape index (κ2) is 8.05. The van der Waals surface area contributed by atoms with E-state index in [1.165, 1.54) is 4.88 Å². The number of carbonyl (C=O) groups excluding carboxylic acids is 2. The maximum absolute atomic E-state index is 12.8. The first kappa shape index (κ1) is 19.3. The minimum atomic E-state index is -0.0616. The molecule has 2 saturated heterocycles. The standard InChI is InChI=1S/C19H30N4O2S/c1-4-22-10-9-19(8-7-18(22)25)13-23(12-11-21(19)3)17(24)6-5-16-15(2)20-14-26-16/h14H,4-13H2,1-3H3/t19-/m1/s1. The van der Waals surface area contributed by atoms with Crippen LogP contribution in [0.25, 0.3) is 0 Å². The van der Waals surface area contributed by atoms with Crippen LogP contribution in [0.1, 0.15) is 43.2 Å². The molecule has 2 amide bonds. The molecule has 2 aliphatic rings. The summed E-state index contributed by atoms with van der Waals surface area (Å²) in [5.41, 5.74) is 2.83. The topological polar surface area (TPSA) is 56.8 Å². The second-order valence-electron chi connectivity index (χ2n) is 7.55. The molecule has 0 aromatic carbocycles. The van der Waals surface area contributed by atoms with Crippen LogP contribution in [0.3, 0.4) is 0 Å². The summed E-state index contributed by atoms with van der Waals surface area (Å²) in [5, 5.41) is 0. The molecule has 0 radical (unpaired) electrons. The Hall–Kier alpha value is -1.47. The van der Waals surface area contributed by atoms with Gasteiger partial charge in [0, 0.05) is 56.0 Å². The van der Waals surface area contributed by atoms with Gasteiger partial charge in [-0.1, -0.05) is 0 Å². The van der Waals surface area contributed by atoms with E-state index in [1.807, 2.05) is 29.2 Å². The van der Waals surface area contributed by atoms with Crippen molar-refractivity contribution >= 4 is 23.2 Å². The zero-order valence-corrected chi connectivity index (χ0v) is 17.0. The molecule has 144 valence electrons. The molecule has 0 unspecified atom stereocenters. The first-order valence-corrected chi connectivity index (χ1v) is 10.5. The van der Waals surface area contributed by atoms with Gasteiger partial charge < -0.3 is 9.80 Å². The summed E-state index contributed by atoms with van der Waals surface area (Å²) in [6.45, 7) is 8.02. The Morgan fingerprint density at radius 3 is 2.81 bits per heavy atom. The van der Waals surface area contributed by atoms with Crippen LogP contribution in [0.4, 0.5) is 0 Å². The van der Waals surface area contributed by atoms with E-state index >= 15 is 0 Å². The fourth-order valence-corrected chi connectivity index (χ4v) is 4.97. The number of likely N-dealkylation sites (N-methyl/N-ethyl adjacent to an activating group) is 1. The molecule has 3 rings (SSSR count). The van der Waals surface area contributed by atoms with Gasteiger partial charge in [0.25, 0.3) is 0 Å². The van der Waals surface area contributed by atoms with Gasteiger partial charge in [0.2, 0.25) is 11.8 Å². The van der Waals surface area contributed by atoms with Crippen LogP contribution < -0.4 is 0 Å². The van der Waals surface area contributed by atoms with E-state index in [0.29, 0.717) is 12.8 Å². The zero-order chi connectivity index (χ0) is 18.7. The summed E-state index contributed by atoms with van der Waals surface area (Å²) in [7, 11) is 2.15. The van der Waals surface area contributed by atoms with Gasteiger partial charge in [-0.3, -0.25) is 14.5 Å². The molecule has 0 bridgehead atoms. The molecular weight excluding hydrogens is 348 g/mol. The highest BCUT2D eigenvalue weighted by molar-refractivity contribution is 7.09. The highest BCUT2D eigenvalue weighted by Crippen LogP contribution is 2.32. The van der Waals surface area contributed by atoms with Crippen molar-refractivity contribution < 1.29 is 9.59 Å². The Labute approximate surface area is 160 Å². The molecule has 0 N–H and O–H groups in total. The highest BCUT2D eigenvalue weighted by atomic mass is 32.1. The summed E-state index contributed by atoms with van der Waals surface area (Å²) in [6.07, 6.45) is 3.69. The molecule has 7 heteroatoms. The van der Waals surface area contributed by atoms with E-state index < -0.39 is 0 Å². The number of piperazine rings is 1. The number of rotatable bonds is 4. The normalized spacial score (nSPS) is 25.0. The third kappa shape index (κ3) is 3.93. The minimum absolute atomic E-state index is 0.0616. The lowest BCUT2D eigenvalue weighted by atomic mass is 9.86. The van der Waals surface area contributed by atoms with Crippen LogP contribution in [0.5, 0.6) is 0 Å². The van der Waals surface area contributed by atoms with E-state index in [2.05, 4.69) is 16.9 Å². The Kier molecular flexibility index (Phi) is 5.97. The van der Waals surface area contributed by atoms with Crippen molar-refractivity contribution in [3.05, 3.63) is 16.1 Å². The van der Waals surface area contributed by atoms with Gasteiger partial charge in [0.05, 0.1) is 11.2 Å². The molecule has 1 atom stereocenters. The van der Waals surface area contributed by atoms with Crippen molar-refractivity contribution in [2.75, 3.05) is 39.8 Å². The molecule has 0 aliphatic carbocycles. The SMILES string of the molecule is CCN1CC[C@]2(CCC1=O)CN(C(=O)CCc1scnc1C)CCN2C. The Bertz CT molecular complexity index is 662. The number of aromatic nitrogens is 1. The van der Waals surface area contributed by atoms with Crippen molar-refractivity contribution in [1.82, 2.24) is 19.7 Å². The fraction of sp³-hybridized carbons (Fsp3) is 0.737. The van der Waals surface area contributed by atoms with Crippen LogP contribution in [-0.2, 0) is 16.0 Å². The molecular formula is C19H30N4O2S. The van der Waals surface area contributed by atoms with Crippen LogP contribution >= 0.6 is 11.3 Å². The van der Waals surface area contributed by atoms with Gasteiger partial charge in [0.15, 0.2) is 0 Å². The summed E-state index contributed by atoms with van der Waals surface area (Å²) < 4.78 is 0. The van der Waals surface area contributed by atoms with Gasteiger partial charge in [-0.05, 0) is 40.2 Å². The molecule has 2 aliphatic heterocycles. The largest absolute Gasteiger partial charge is 0.343 e. The lowest BCUT2D eigenvalue weighted by Crippen LogP contribution is -2.62. The Morgan fingerprint density at radius 2 is 2.12 bits per heavy atom. The van der Waals surface area contributed by atoms with Gasteiger partial charge in [-0.15, -0.1) is 11.3 Å². The van der Waals surface area contributed by atoms with E-state index in [0.717, 1.165) is 57.7 Å². The molecule has 26 heavy (non-hydrogen) atoms. The van der Waals surface area contributed by atoms with Crippen molar-refractivity contribution in [2.45, 2.75) is 51.5 Å². The first-order valence-electron chi connectivity index (χ1n) is 9.61. The third-order valence-electron chi connectivity index (χ3n) is 6.15. The average Bonchev–Trinajstić information content (AvgIpc) is 2.97. The summed E-state index contributed by atoms with van der Waals surface area (Å²) in [6, 6.07) is 0. The predicted molar refractivity (Wildman–Crippen MR) is 103 cm³/mol. The monoisotopic (exact) mass is 378 g/mol. The minimum Gasteiger partial charge on any atom is -0.343 e. The predicted octanol–water partition coefficient (Wildman–Crippen LogP) is 1.93. The van der Waals surface area contributed by atoms with Crippen LogP contribution in [-0.4, -0.2) is 76.8 Å². The maximum Gasteiger partial charge on any atom is 0.223 e. The Balaban J connectivity index is 1.64. The quantitative estimate of drug-likeness (QED) is 0.803. The molecule has 0 saturated carbocycles. The number of likely N-dealkylation sites (tertiary alicyclic amines) is 1. The lowest BCUT2D eigenvalue weighted by Gasteiger charge is -2.49. The van der Waals surface area contributed by atoms with Crippen LogP contribution in [0, 0.1) is 6.92 Å². The van der Waals surface area contributed by atoms with Gasteiger partial charge in [-0.2, -0.15) is 0 Å². The number of carbonyl (C=O) groups is 2. The van der Waals surface area contributed by atoms with Gasteiger partial charge in [0.1, 0.15) is 0 Å². The van der Waals surface area contributed by atoms with Crippen molar-refractivity contribution in [2.24, 2.45) is 0 Å². The van der Waals surface area contributed by atoms with Crippen molar-refractivity contribution in [3.8, 4) is 0 Å². The number of amides is 2. The van der Waals surface area contributed by atoms with Crippen molar-refractivity contribution in [1.29, 1.82) is 0 Å². The lowest BCUT2D eigenvalue weighted by molar-refractivity contribution is -0.136. The summed E-state index contributed by atoms with van der Waals surface area (Å²) in [5.74, 6) is 0.482. The smallest absolute Gasteiger partial charge is 0.223 e. The fourth-order valence-electron chi connectivity index (χ4n) is 4.19. The summed E-state index contributed by atoms with van der Waals surface area (Å²) in [4.78, 5) is 37.0. The van der Waals surface area contributed by atoms with E-state index in [4.69, 9.17) is 0 Å². The van der Waals surface area contributed by atoms with Crippen molar-refractivity contribution in [3.63, 3.8) is 0 Å². The molecule has 1 aromatic heterocycles. The number of thiazole rings is 1. The van der Waals surface area contributed by atoms with Crippen LogP contribution in [0.2, 0.25) is 0 Å². The third-order valence-corrected chi connectivity index (χ3v) is 7.14.